The summed E-state index contributed by atoms with van der Waals surface area (Å²) in [7, 11) is 0. The zero-order valence-electron chi connectivity index (χ0n) is 9.14. The lowest BCUT2D eigenvalue weighted by atomic mass is 10.0. The molecule has 90 valence electrons. The zero-order valence-corrected chi connectivity index (χ0v) is 9.14. The molecule has 0 aliphatic heterocycles. The van der Waals surface area contributed by atoms with Crippen LogP contribution < -0.4 is 5.69 Å². The molecule has 0 saturated heterocycles. The van der Waals surface area contributed by atoms with E-state index in [0.717, 1.165) is 5.56 Å². The van der Waals surface area contributed by atoms with Crippen molar-refractivity contribution in [3.05, 3.63) is 39.4 Å². The monoisotopic (exact) mass is 242 g/mol. The number of aryl methyl sites for hydroxylation is 2. The lowest BCUT2D eigenvalue weighted by molar-refractivity contribution is -0.140. The molecule has 0 bridgehead atoms. The Balaban J connectivity index is 3.00. The van der Waals surface area contributed by atoms with Gasteiger partial charge in [-0.25, -0.2) is 4.79 Å². The van der Waals surface area contributed by atoms with Gasteiger partial charge in [0.05, 0.1) is 5.52 Å². The average molecular weight is 242 g/mol. The molecule has 0 spiro atoms. The van der Waals surface area contributed by atoms with E-state index in [1.165, 1.54) is 6.07 Å². The minimum absolute atomic E-state index is 0.0444. The van der Waals surface area contributed by atoms with Crippen molar-refractivity contribution >= 4 is 10.9 Å². The lowest BCUT2D eigenvalue weighted by Gasteiger charge is -2.12. The third-order valence-electron chi connectivity index (χ3n) is 2.70. The molecule has 0 unspecified atom stereocenters. The number of H-pyrrole nitrogens is 1. The summed E-state index contributed by atoms with van der Waals surface area (Å²) in [5.41, 5.74) is -0.777. The van der Waals surface area contributed by atoms with E-state index in [0.29, 0.717) is 5.56 Å². The maximum Gasteiger partial charge on any atom is 0.432 e. The first-order valence-corrected chi connectivity index (χ1v) is 4.88. The van der Waals surface area contributed by atoms with E-state index < -0.39 is 17.6 Å². The number of rotatable bonds is 0. The summed E-state index contributed by atoms with van der Waals surface area (Å²) in [6, 6.07) is 3.06. The maximum atomic E-state index is 12.8. The number of aromatic amines is 1. The molecule has 3 nitrogen and oxygen atoms in total. The van der Waals surface area contributed by atoms with Gasteiger partial charge in [-0.2, -0.15) is 18.2 Å². The number of aromatic nitrogens is 2. The highest BCUT2D eigenvalue weighted by Gasteiger charge is 2.35. The number of benzene rings is 1. The molecule has 1 N–H and O–H groups in total. The minimum atomic E-state index is -4.60. The van der Waals surface area contributed by atoms with Gasteiger partial charge in [0.2, 0.25) is 0 Å². The molecular formula is C11H9F3N2O. The molecule has 1 aromatic heterocycles. The Bertz CT molecular complexity index is 643. The van der Waals surface area contributed by atoms with Crippen molar-refractivity contribution in [3.8, 4) is 0 Å². The van der Waals surface area contributed by atoms with Gasteiger partial charge in [-0.05, 0) is 31.0 Å². The number of hydrogen-bond acceptors (Lipinski definition) is 2. The van der Waals surface area contributed by atoms with Gasteiger partial charge in [-0.1, -0.05) is 6.07 Å². The van der Waals surface area contributed by atoms with E-state index in [1.807, 2.05) is 0 Å². The first-order valence-electron chi connectivity index (χ1n) is 4.88. The average Bonchev–Trinajstić information content (AvgIpc) is 2.21. The van der Waals surface area contributed by atoms with Gasteiger partial charge < -0.3 is 4.98 Å². The van der Waals surface area contributed by atoms with Gasteiger partial charge in [-0.3, -0.25) is 0 Å². The quantitative estimate of drug-likeness (QED) is 0.771. The van der Waals surface area contributed by atoms with Crippen LogP contribution in [0.5, 0.6) is 0 Å². The number of nitrogens with one attached hydrogen (secondary N) is 1. The van der Waals surface area contributed by atoms with Crippen LogP contribution in [0.1, 0.15) is 16.8 Å². The smallest absolute Gasteiger partial charge is 0.301 e. The Kier molecular flexibility index (Phi) is 2.45. The van der Waals surface area contributed by atoms with Gasteiger partial charge >= 0.3 is 11.9 Å². The lowest BCUT2D eigenvalue weighted by Crippen LogP contribution is -2.20. The molecule has 0 aliphatic rings. The molecule has 0 fully saturated rings. The van der Waals surface area contributed by atoms with Crippen molar-refractivity contribution in [2.24, 2.45) is 0 Å². The number of alkyl halides is 3. The number of fused-ring (bicyclic) bond motifs is 1. The van der Waals surface area contributed by atoms with Crippen LogP contribution in [0.25, 0.3) is 10.9 Å². The van der Waals surface area contributed by atoms with Gasteiger partial charge in [0, 0.05) is 5.39 Å². The van der Waals surface area contributed by atoms with Gasteiger partial charge in [0.1, 0.15) is 5.69 Å². The van der Waals surface area contributed by atoms with Crippen LogP contribution in [-0.4, -0.2) is 9.97 Å². The fourth-order valence-electron chi connectivity index (χ4n) is 1.73. The number of hydrogen-bond donors (Lipinski definition) is 1. The summed E-state index contributed by atoms with van der Waals surface area (Å²) in [5.74, 6) is 0. The first kappa shape index (κ1) is 11.6. The topological polar surface area (TPSA) is 45.8 Å². The molecule has 0 atom stereocenters. The summed E-state index contributed by atoms with van der Waals surface area (Å²) in [5, 5.41) is -0.0444. The van der Waals surface area contributed by atoms with Crippen LogP contribution in [0.3, 0.4) is 0 Å². The Morgan fingerprint density at radius 1 is 1.24 bits per heavy atom. The van der Waals surface area contributed by atoms with Crippen LogP contribution in [0.15, 0.2) is 16.9 Å². The second-order valence-corrected chi connectivity index (χ2v) is 3.82. The molecule has 0 radical (unpaired) electrons. The third-order valence-corrected chi connectivity index (χ3v) is 2.70. The molecule has 0 aliphatic carbocycles. The molecule has 17 heavy (non-hydrogen) atoms. The normalized spacial score (nSPS) is 12.1. The van der Waals surface area contributed by atoms with Gasteiger partial charge in [0.15, 0.2) is 0 Å². The maximum absolute atomic E-state index is 12.8. The van der Waals surface area contributed by atoms with E-state index in [2.05, 4.69) is 4.98 Å². The highest BCUT2D eigenvalue weighted by Crippen LogP contribution is 2.33. The summed E-state index contributed by atoms with van der Waals surface area (Å²) < 4.78 is 38.4. The zero-order chi connectivity index (χ0) is 12.8. The fourth-order valence-corrected chi connectivity index (χ4v) is 1.73. The largest absolute Gasteiger partial charge is 0.432 e. The van der Waals surface area contributed by atoms with Crippen molar-refractivity contribution in [1.29, 1.82) is 0 Å². The molecule has 1 heterocycles. The molecule has 6 heteroatoms. The van der Waals surface area contributed by atoms with E-state index in [-0.39, 0.29) is 10.9 Å². The summed E-state index contributed by atoms with van der Waals surface area (Å²) in [6.45, 7) is 3.28. The second kappa shape index (κ2) is 3.58. The molecular weight excluding hydrogens is 233 g/mol. The Morgan fingerprint density at radius 3 is 2.47 bits per heavy atom. The van der Waals surface area contributed by atoms with E-state index in [9.17, 15) is 18.0 Å². The van der Waals surface area contributed by atoms with Crippen LogP contribution >= 0.6 is 0 Å². The van der Waals surface area contributed by atoms with E-state index in [4.69, 9.17) is 0 Å². The SMILES string of the molecule is Cc1ccc2nc(=O)[nH]c(C(F)(F)F)c2c1C. The van der Waals surface area contributed by atoms with E-state index >= 15 is 0 Å². The van der Waals surface area contributed by atoms with Crippen molar-refractivity contribution in [2.75, 3.05) is 0 Å². The first-order chi connectivity index (χ1) is 7.80. The van der Waals surface area contributed by atoms with Crippen LogP contribution in [0.2, 0.25) is 0 Å². The summed E-state index contributed by atoms with van der Waals surface area (Å²) >= 11 is 0. The standard InChI is InChI=1S/C11H9F3N2O/c1-5-3-4-7-8(6(5)2)9(11(12,13)14)16-10(17)15-7/h3-4H,1-2H3,(H,15,16,17). The Morgan fingerprint density at radius 2 is 1.88 bits per heavy atom. The molecule has 1 aromatic carbocycles. The van der Waals surface area contributed by atoms with Crippen molar-refractivity contribution < 1.29 is 13.2 Å². The number of nitrogens with zero attached hydrogens (tertiary/aromatic N) is 1. The summed E-state index contributed by atoms with van der Waals surface area (Å²) in [4.78, 5) is 16.4. The molecule has 2 rings (SSSR count). The van der Waals surface area contributed by atoms with Gasteiger partial charge in [0.25, 0.3) is 0 Å². The van der Waals surface area contributed by atoms with Crippen LogP contribution in [0.4, 0.5) is 13.2 Å². The highest BCUT2D eigenvalue weighted by atomic mass is 19.4. The van der Waals surface area contributed by atoms with Gasteiger partial charge in [-0.15, -0.1) is 0 Å². The molecule has 0 amide bonds. The van der Waals surface area contributed by atoms with Crippen molar-refractivity contribution in [3.63, 3.8) is 0 Å². The fraction of sp³-hybridized carbons (Fsp3) is 0.273. The predicted octanol–water partition coefficient (Wildman–Crippen LogP) is 2.56. The van der Waals surface area contributed by atoms with Crippen molar-refractivity contribution in [2.45, 2.75) is 20.0 Å². The van der Waals surface area contributed by atoms with E-state index in [1.54, 1.807) is 24.9 Å². The van der Waals surface area contributed by atoms with Crippen molar-refractivity contribution in [1.82, 2.24) is 9.97 Å². The third kappa shape index (κ3) is 1.90. The second-order valence-electron chi connectivity index (χ2n) is 3.82. The van der Waals surface area contributed by atoms with Crippen LogP contribution in [0, 0.1) is 13.8 Å². The summed E-state index contributed by atoms with van der Waals surface area (Å²) in [6.07, 6.45) is -4.60. The molecule has 2 aromatic rings. The Hall–Kier alpha value is -1.85. The number of halogens is 3. The minimum Gasteiger partial charge on any atom is -0.301 e. The molecule has 0 saturated carbocycles. The van der Waals surface area contributed by atoms with Crippen LogP contribution in [-0.2, 0) is 6.18 Å². The predicted molar refractivity (Wildman–Crippen MR) is 56.8 cm³/mol. The Labute approximate surface area is 94.3 Å². The highest BCUT2D eigenvalue weighted by molar-refractivity contribution is 5.85.